The SMILES string of the molecule is CC(=O)Nc1cccc([C@H](C)NC(=O)c2ccc(C)c(F)c2)c1. The Hall–Kier alpha value is -2.69. The van der Waals surface area contributed by atoms with Crippen LogP contribution in [-0.4, -0.2) is 11.8 Å². The lowest BCUT2D eigenvalue weighted by molar-refractivity contribution is -0.114. The van der Waals surface area contributed by atoms with Crippen LogP contribution in [0, 0.1) is 12.7 Å². The Morgan fingerprint density at radius 2 is 1.87 bits per heavy atom. The standard InChI is InChI=1S/C18H19FN2O2/c1-11-7-8-15(10-17(11)19)18(23)20-12(2)14-5-4-6-16(9-14)21-13(3)22/h4-10,12H,1-3H3,(H,20,23)(H,21,22)/t12-/m0/s1. The highest BCUT2D eigenvalue weighted by atomic mass is 19.1. The molecule has 2 aromatic rings. The lowest BCUT2D eigenvalue weighted by Gasteiger charge is -2.16. The van der Waals surface area contributed by atoms with Gasteiger partial charge in [-0.2, -0.15) is 0 Å². The van der Waals surface area contributed by atoms with E-state index in [0.29, 0.717) is 11.3 Å². The van der Waals surface area contributed by atoms with Crippen molar-refractivity contribution in [3.05, 3.63) is 65.0 Å². The van der Waals surface area contributed by atoms with Crippen LogP contribution in [0.25, 0.3) is 0 Å². The normalized spacial score (nSPS) is 11.7. The first-order chi connectivity index (χ1) is 10.9. The molecule has 4 nitrogen and oxygen atoms in total. The number of hydrogen-bond acceptors (Lipinski definition) is 2. The number of benzene rings is 2. The highest BCUT2D eigenvalue weighted by Crippen LogP contribution is 2.18. The second kappa shape index (κ2) is 7.05. The largest absolute Gasteiger partial charge is 0.346 e. The van der Waals surface area contributed by atoms with E-state index in [4.69, 9.17) is 0 Å². The summed E-state index contributed by atoms with van der Waals surface area (Å²) in [5.74, 6) is -0.909. The predicted molar refractivity (Wildman–Crippen MR) is 87.8 cm³/mol. The fraction of sp³-hybridized carbons (Fsp3) is 0.222. The van der Waals surface area contributed by atoms with Gasteiger partial charge in [-0.3, -0.25) is 9.59 Å². The zero-order valence-electron chi connectivity index (χ0n) is 13.3. The third kappa shape index (κ3) is 4.39. The number of carbonyl (C=O) groups is 2. The molecule has 23 heavy (non-hydrogen) atoms. The van der Waals surface area contributed by atoms with Crippen molar-refractivity contribution < 1.29 is 14.0 Å². The van der Waals surface area contributed by atoms with Crippen LogP contribution < -0.4 is 10.6 Å². The lowest BCUT2D eigenvalue weighted by Crippen LogP contribution is -2.26. The van der Waals surface area contributed by atoms with Crippen molar-refractivity contribution in [2.24, 2.45) is 0 Å². The molecule has 0 aliphatic carbocycles. The number of rotatable bonds is 4. The Bertz CT molecular complexity index is 744. The molecule has 2 N–H and O–H groups in total. The molecular formula is C18H19FN2O2. The van der Waals surface area contributed by atoms with Crippen LogP contribution in [0.5, 0.6) is 0 Å². The molecule has 0 spiro atoms. The minimum atomic E-state index is -0.405. The fourth-order valence-corrected chi connectivity index (χ4v) is 2.19. The van der Waals surface area contributed by atoms with Crippen molar-refractivity contribution >= 4 is 17.5 Å². The molecule has 0 aliphatic heterocycles. The van der Waals surface area contributed by atoms with Gasteiger partial charge in [0.2, 0.25) is 5.91 Å². The number of amides is 2. The van der Waals surface area contributed by atoms with Crippen molar-refractivity contribution in [2.45, 2.75) is 26.8 Å². The fourth-order valence-electron chi connectivity index (χ4n) is 2.19. The summed E-state index contributed by atoms with van der Waals surface area (Å²) in [4.78, 5) is 23.3. The van der Waals surface area contributed by atoms with Gasteiger partial charge in [0, 0.05) is 18.2 Å². The van der Waals surface area contributed by atoms with Gasteiger partial charge in [0.15, 0.2) is 0 Å². The van der Waals surface area contributed by atoms with Gasteiger partial charge < -0.3 is 10.6 Å². The highest BCUT2D eigenvalue weighted by molar-refractivity contribution is 5.94. The summed E-state index contributed by atoms with van der Waals surface area (Å²) < 4.78 is 13.6. The van der Waals surface area contributed by atoms with Gasteiger partial charge in [-0.15, -0.1) is 0 Å². The Kier molecular flexibility index (Phi) is 5.11. The van der Waals surface area contributed by atoms with Crippen molar-refractivity contribution in [3.8, 4) is 0 Å². The van der Waals surface area contributed by atoms with Crippen LogP contribution in [0.3, 0.4) is 0 Å². The van der Waals surface area contributed by atoms with E-state index in [9.17, 15) is 14.0 Å². The number of anilines is 1. The summed E-state index contributed by atoms with van der Waals surface area (Å²) in [6, 6.07) is 11.3. The monoisotopic (exact) mass is 314 g/mol. The van der Waals surface area contributed by atoms with Crippen molar-refractivity contribution in [2.75, 3.05) is 5.32 Å². The van der Waals surface area contributed by atoms with E-state index in [1.807, 2.05) is 13.0 Å². The maximum Gasteiger partial charge on any atom is 0.251 e. The maximum absolute atomic E-state index is 13.6. The molecule has 0 fully saturated rings. The molecule has 0 aliphatic rings. The Balaban J connectivity index is 2.11. The Morgan fingerprint density at radius 3 is 2.52 bits per heavy atom. The van der Waals surface area contributed by atoms with E-state index in [-0.39, 0.29) is 23.4 Å². The molecule has 1 atom stereocenters. The molecule has 0 bridgehead atoms. The average molecular weight is 314 g/mol. The smallest absolute Gasteiger partial charge is 0.251 e. The molecule has 0 saturated heterocycles. The minimum absolute atomic E-state index is 0.158. The van der Waals surface area contributed by atoms with Crippen LogP contribution in [0.4, 0.5) is 10.1 Å². The summed E-state index contributed by atoms with van der Waals surface area (Å²) in [6.07, 6.45) is 0. The topological polar surface area (TPSA) is 58.2 Å². The number of aryl methyl sites for hydroxylation is 1. The lowest BCUT2D eigenvalue weighted by atomic mass is 10.1. The summed E-state index contributed by atoms with van der Waals surface area (Å²) in [7, 11) is 0. The summed E-state index contributed by atoms with van der Waals surface area (Å²) >= 11 is 0. The van der Waals surface area contributed by atoms with Gasteiger partial charge in [-0.05, 0) is 49.2 Å². The molecular weight excluding hydrogens is 295 g/mol. The van der Waals surface area contributed by atoms with Crippen molar-refractivity contribution in [1.82, 2.24) is 5.32 Å². The number of carbonyl (C=O) groups excluding carboxylic acids is 2. The first kappa shape index (κ1) is 16.7. The molecule has 0 radical (unpaired) electrons. The maximum atomic E-state index is 13.6. The van der Waals surface area contributed by atoms with E-state index < -0.39 is 5.82 Å². The number of halogens is 1. The quantitative estimate of drug-likeness (QED) is 0.906. The van der Waals surface area contributed by atoms with Crippen molar-refractivity contribution in [1.29, 1.82) is 0 Å². The van der Waals surface area contributed by atoms with Gasteiger partial charge in [0.1, 0.15) is 5.82 Å². The molecule has 0 heterocycles. The first-order valence-electron chi connectivity index (χ1n) is 7.31. The van der Waals surface area contributed by atoms with E-state index in [1.54, 1.807) is 37.3 Å². The first-order valence-corrected chi connectivity index (χ1v) is 7.31. The third-order valence-electron chi connectivity index (χ3n) is 3.49. The van der Waals surface area contributed by atoms with Crippen LogP contribution >= 0.6 is 0 Å². The van der Waals surface area contributed by atoms with Gasteiger partial charge in [0.05, 0.1) is 6.04 Å². The second-order valence-electron chi connectivity index (χ2n) is 5.47. The molecule has 0 saturated carbocycles. The molecule has 2 rings (SSSR count). The third-order valence-corrected chi connectivity index (χ3v) is 3.49. The van der Waals surface area contributed by atoms with Crippen LogP contribution in [0.1, 0.15) is 41.4 Å². The zero-order valence-corrected chi connectivity index (χ0v) is 13.3. The van der Waals surface area contributed by atoms with Gasteiger partial charge in [-0.1, -0.05) is 18.2 Å². The molecule has 120 valence electrons. The summed E-state index contributed by atoms with van der Waals surface area (Å²) in [5.41, 5.74) is 2.28. The predicted octanol–water partition coefficient (Wildman–Crippen LogP) is 3.58. The van der Waals surface area contributed by atoms with Gasteiger partial charge in [0.25, 0.3) is 5.91 Å². The summed E-state index contributed by atoms with van der Waals surface area (Å²) in [6.45, 7) is 4.91. The molecule has 2 amide bonds. The van der Waals surface area contributed by atoms with Crippen LogP contribution in [0.2, 0.25) is 0 Å². The highest BCUT2D eigenvalue weighted by Gasteiger charge is 2.13. The molecule has 2 aromatic carbocycles. The summed E-state index contributed by atoms with van der Waals surface area (Å²) in [5, 5.41) is 5.52. The Labute approximate surface area is 134 Å². The van der Waals surface area contributed by atoms with E-state index in [1.165, 1.54) is 13.0 Å². The second-order valence-corrected chi connectivity index (χ2v) is 5.47. The van der Waals surface area contributed by atoms with E-state index in [2.05, 4.69) is 10.6 Å². The zero-order chi connectivity index (χ0) is 17.0. The average Bonchev–Trinajstić information content (AvgIpc) is 2.49. The molecule has 0 aromatic heterocycles. The molecule has 0 unspecified atom stereocenters. The Morgan fingerprint density at radius 1 is 1.13 bits per heavy atom. The van der Waals surface area contributed by atoms with E-state index >= 15 is 0 Å². The minimum Gasteiger partial charge on any atom is -0.346 e. The van der Waals surface area contributed by atoms with Crippen LogP contribution in [-0.2, 0) is 4.79 Å². The van der Waals surface area contributed by atoms with E-state index in [0.717, 1.165) is 5.56 Å². The van der Waals surface area contributed by atoms with Crippen LogP contribution in [0.15, 0.2) is 42.5 Å². The number of hydrogen-bond donors (Lipinski definition) is 2. The van der Waals surface area contributed by atoms with Gasteiger partial charge in [-0.25, -0.2) is 4.39 Å². The van der Waals surface area contributed by atoms with Crippen molar-refractivity contribution in [3.63, 3.8) is 0 Å². The molecule has 5 heteroatoms. The number of nitrogens with one attached hydrogen (secondary N) is 2. The van der Waals surface area contributed by atoms with Gasteiger partial charge >= 0.3 is 0 Å².